The summed E-state index contributed by atoms with van der Waals surface area (Å²) in [6.45, 7) is 0.0385. The van der Waals surface area contributed by atoms with Gasteiger partial charge in [0.05, 0.1) is 13.2 Å². The third-order valence-corrected chi connectivity index (χ3v) is 3.26. The average molecular weight is 344 g/mol. The van der Waals surface area contributed by atoms with Crippen molar-refractivity contribution in [3.05, 3.63) is 24.3 Å². The average Bonchev–Trinajstić information content (AvgIpc) is 3.07. The van der Waals surface area contributed by atoms with E-state index in [2.05, 4.69) is 0 Å². The van der Waals surface area contributed by atoms with Crippen LogP contribution in [0.3, 0.4) is 0 Å². The second-order valence-electron chi connectivity index (χ2n) is 4.99. The number of carbonyl (C=O) groups excluding carboxylic acids is 2. The van der Waals surface area contributed by atoms with Gasteiger partial charge >= 0.3 is 17.9 Å². The maximum atomic E-state index is 11.5. The van der Waals surface area contributed by atoms with Crippen molar-refractivity contribution in [3.63, 3.8) is 0 Å². The van der Waals surface area contributed by atoms with Gasteiger partial charge in [-0.25, -0.2) is 14.4 Å². The van der Waals surface area contributed by atoms with Crippen LogP contribution < -0.4 is 0 Å². The number of carboxylic acid groups (broad SMARTS) is 1. The summed E-state index contributed by atoms with van der Waals surface area (Å²) < 4.78 is 21.0. The van der Waals surface area contributed by atoms with Gasteiger partial charge in [0.1, 0.15) is 12.2 Å². The Hall–Kier alpha value is -2.27. The van der Waals surface area contributed by atoms with Gasteiger partial charge in [0.2, 0.25) is 0 Å². The van der Waals surface area contributed by atoms with Gasteiger partial charge in [0.15, 0.2) is 18.5 Å². The molecule has 2 aliphatic rings. The standard InChI is InChI=1S/C14H16O10/c15-9(16)1-3-11(19)23-7-5-21-14-8(6-22-13(7)14)24-12(20)4-2-10(17)18/h1-4,7-9,13-16H,5-6H2,(H,17,18)/b3-1+,4-2+/t7-,8-,13+,14+/m0/s1. The van der Waals surface area contributed by atoms with Crippen molar-refractivity contribution in [1.29, 1.82) is 0 Å². The monoisotopic (exact) mass is 344 g/mol. The fourth-order valence-electron chi connectivity index (χ4n) is 2.31. The van der Waals surface area contributed by atoms with Crippen LogP contribution >= 0.6 is 0 Å². The van der Waals surface area contributed by atoms with Crippen LogP contribution in [0.2, 0.25) is 0 Å². The Balaban J connectivity index is 1.86. The van der Waals surface area contributed by atoms with E-state index in [4.69, 9.17) is 34.3 Å². The fourth-order valence-corrected chi connectivity index (χ4v) is 2.31. The van der Waals surface area contributed by atoms with E-state index in [-0.39, 0.29) is 13.2 Å². The lowest BCUT2D eigenvalue weighted by atomic mass is 10.1. The summed E-state index contributed by atoms with van der Waals surface area (Å²) in [6, 6.07) is 0. The molecule has 2 aliphatic heterocycles. The zero-order valence-corrected chi connectivity index (χ0v) is 12.3. The molecule has 0 saturated carbocycles. The number of carbonyl (C=O) groups is 3. The van der Waals surface area contributed by atoms with E-state index in [1.165, 1.54) is 0 Å². The molecule has 10 heteroatoms. The predicted molar refractivity (Wildman–Crippen MR) is 73.4 cm³/mol. The molecule has 0 aromatic heterocycles. The minimum absolute atomic E-state index is 0.0151. The van der Waals surface area contributed by atoms with Crippen molar-refractivity contribution in [2.24, 2.45) is 0 Å². The zero-order valence-electron chi connectivity index (χ0n) is 12.3. The number of hydrogen-bond donors (Lipinski definition) is 3. The zero-order chi connectivity index (χ0) is 17.7. The highest BCUT2D eigenvalue weighted by atomic mass is 16.7. The molecule has 0 aromatic carbocycles. The number of rotatable bonds is 6. The maximum Gasteiger partial charge on any atom is 0.331 e. The Morgan fingerprint density at radius 3 is 1.88 bits per heavy atom. The molecule has 0 bridgehead atoms. The molecule has 4 atom stereocenters. The number of ether oxygens (including phenoxy) is 4. The van der Waals surface area contributed by atoms with Gasteiger partial charge in [-0.1, -0.05) is 0 Å². The van der Waals surface area contributed by atoms with E-state index in [0.29, 0.717) is 6.08 Å². The Labute approximate surface area is 135 Å². The smallest absolute Gasteiger partial charge is 0.331 e. The van der Waals surface area contributed by atoms with E-state index >= 15 is 0 Å². The number of aliphatic hydroxyl groups excluding tert-OH is 1. The molecule has 0 amide bonds. The summed E-state index contributed by atoms with van der Waals surface area (Å²) in [5.74, 6) is -2.93. The second-order valence-corrected chi connectivity index (χ2v) is 4.99. The number of fused-ring (bicyclic) bond motifs is 1. The summed E-state index contributed by atoms with van der Waals surface area (Å²) in [6.07, 6.45) is -1.41. The van der Waals surface area contributed by atoms with Crippen LogP contribution in [-0.4, -0.2) is 77.1 Å². The van der Waals surface area contributed by atoms with Crippen LogP contribution in [0.15, 0.2) is 24.3 Å². The van der Waals surface area contributed by atoms with Crippen LogP contribution in [-0.2, 0) is 33.3 Å². The second kappa shape index (κ2) is 8.02. The normalized spacial score (nSPS) is 29.3. The summed E-state index contributed by atoms with van der Waals surface area (Å²) in [5.41, 5.74) is 0. The van der Waals surface area contributed by atoms with Crippen molar-refractivity contribution in [2.45, 2.75) is 30.7 Å². The van der Waals surface area contributed by atoms with Crippen molar-refractivity contribution in [3.8, 4) is 0 Å². The van der Waals surface area contributed by atoms with E-state index < -0.39 is 48.6 Å². The first-order chi connectivity index (χ1) is 11.4. The predicted octanol–water partition coefficient (Wildman–Crippen LogP) is -1.88. The van der Waals surface area contributed by atoms with E-state index in [0.717, 1.165) is 18.2 Å². The van der Waals surface area contributed by atoms with Crippen molar-refractivity contribution in [1.82, 2.24) is 0 Å². The van der Waals surface area contributed by atoms with Crippen LogP contribution in [0.1, 0.15) is 0 Å². The third kappa shape index (κ3) is 4.86. The molecule has 24 heavy (non-hydrogen) atoms. The number of hydrogen-bond acceptors (Lipinski definition) is 9. The van der Waals surface area contributed by atoms with Crippen molar-refractivity contribution < 1.29 is 48.7 Å². The lowest BCUT2D eigenvalue weighted by molar-refractivity contribution is -0.149. The SMILES string of the molecule is O=C(O)/C=C/C(=O)O[C@H]1CO[C@H]2[C@@H]1OC[C@@H]2OC(=O)/C=C/C(O)O. The topological polar surface area (TPSA) is 149 Å². The number of carboxylic acids is 1. The first-order valence-electron chi connectivity index (χ1n) is 6.96. The molecule has 132 valence electrons. The number of aliphatic carboxylic acids is 1. The summed E-state index contributed by atoms with van der Waals surface area (Å²) >= 11 is 0. The molecule has 2 saturated heterocycles. The van der Waals surface area contributed by atoms with Gasteiger partial charge in [-0.05, 0) is 6.08 Å². The third-order valence-electron chi connectivity index (χ3n) is 3.26. The summed E-state index contributed by atoms with van der Waals surface area (Å²) in [7, 11) is 0. The minimum atomic E-state index is -1.77. The van der Waals surface area contributed by atoms with Gasteiger partial charge in [-0.15, -0.1) is 0 Å². The molecule has 2 rings (SSSR count). The van der Waals surface area contributed by atoms with Gasteiger partial charge in [-0.2, -0.15) is 0 Å². The van der Waals surface area contributed by atoms with Crippen LogP contribution in [0.25, 0.3) is 0 Å². The van der Waals surface area contributed by atoms with Crippen LogP contribution in [0.5, 0.6) is 0 Å². The maximum absolute atomic E-state index is 11.5. The number of esters is 2. The molecule has 3 N–H and O–H groups in total. The highest BCUT2D eigenvalue weighted by Gasteiger charge is 2.50. The molecule has 2 fully saturated rings. The number of aliphatic hydroxyl groups is 2. The largest absolute Gasteiger partial charge is 0.478 e. The molecule has 0 spiro atoms. The molecule has 2 heterocycles. The summed E-state index contributed by atoms with van der Waals surface area (Å²) in [4.78, 5) is 33.3. The highest BCUT2D eigenvalue weighted by molar-refractivity contribution is 5.90. The molecule has 10 nitrogen and oxygen atoms in total. The molecule has 0 radical (unpaired) electrons. The van der Waals surface area contributed by atoms with Gasteiger partial charge in [0, 0.05) is 18.2 Å². The lowest BCUT2D eigenvalue weighted by Crippen LogP contribution is -2.35. The van der Waals surface area contributed by atoms with E-state index in [1.54, 1.807) is 0 Å². The minimum Gasteiger partial charge on any atom is -0.478 e. The van der Waals surface area contributed by atoms with Gasteiger partial charge in [0.25, 0.3) is 0 Å². The molecule has 0 unspecified atom stereocenters. The van der Waals surface area contributed by atoms with Crippen molar-refractivity contribution >= 4 is 17.9 Å². The van der Waals surface area contributed by atoms with Crippen LogP contribution in [0, 0.1) is 0 Å². The molecule has 0 aliphatic carbocycles. The van der Waals surface area contributed by atoms with Gasteiger partial charge in [-0.3, -0.25) is 0 Å². The highest BCUT2D eigenvalue weighted by Crippen LogP contribution is 2.30. The Morgan fingerprint density at radius 2 is 1.42 bits per heavy atom. The van der Waals surface area contributed by atoms with Crippen LogP contribution in [0.4, 0.5) is 0 Å². The van der Waals surface area contributed by atoms with E-state index in [1.807, 2.05) is 0 Å². The molecular formula is C14H16O10. The summed E-state index contributed by atoms with van der Waals surface area (Å²) in [5, 5.41) is 25.7. The lowest BCUT2D eigenvalue weighted by Gasteiger charge is -2.16. The fraction of sp³-hybridized carbons (Fsp3) is 0.500. The molecule has 0 aromatic rings. The first kappa shape index (κ1) is 18.1. The van der Waals surface area contributed by atoms with E-state index in [9.17, 15) is 14.4 Å². The quantitative estimate of drug-likeness (QED) is 0.284. The Kier molecular flexibility index (Phi) is 6.04. The Bertz CT molecular complexity index is 552. The van der Waals surface area contributed by atoms with Gasteiger partial charge < -0.3 is 34.3 Å². The Morgan fingerprint density at radius 1 is 0.917 bits per heavy atom. The first-order valence-corrected chi connectivity index (χ1v) is 6.96. The molecular weight excluding hydrogens is 328 g/mol. The van der Waals surface area contributed by atoms with Crippen molar-refractivity contribution in [2.75, 3.05) is 13.2 Å².